The van der Waals surface area contributed by atoms with Gasteiger partial charge in [-0.2, -0.15) is 0 Å². The number of carbonyl (C=O) groups is 1. The van der Waals surface area contributed by atoms with Crippen molar-refractivity contribution in [2.45, 2.75) is 52.2 Å². The Morgan fingerprint density at radius 1 is 1.10 bits per heavy atom. The molecule has 1 amide bonds. The van der Waals surface area contributed by atoms with Crippen LogP contribution in [0.1, 0.15) is 43.4 Å². The number of phenolic OH excluding ortho intramolecular Hbond substituents is 1. The summed E-state index contributed by atoms with van der Waals surface area (Å²) in [5, 5.41) is 10.7. The molecular weight excluding hydrogens is 621 g/mol. The number of rotatable bonds is 6. The van der Waals surface area contributed by atoms with Crippen molar-refractivity contribution >= 4 is 22.5 Å². The highest BCUT2D eigenvalue weighted by Crippen LogP contribution is 2.46. The fourth-order valence-electron chi connectivity index (χ4n) is 7.20. The average molecular weight is 661 g/mol. The van der Waals surface area contributed by atoms with Crippen molar-refractivity contribution in [2.24, 2.45) is 0 Å². The minimum Gasteiger partial charge on any atom is -0.507 e. The normalized spacial score (nSPS) is 17.5. The predicted octanol–water partition coefficient (Wildman–Crippen LogP) is 6.26. The van der Waals surface area contributed by atoms with E-state index < -0.39 is 45.9 Å². The summed E-state index contributed by atoms with van der Waals surface area (Å²) in [6, 6.07) is 7.64. The standard InChI is InChI=1S/C37H39F3N4O4/c1-8-29(46)42-17-23-18-48-36-35(43(23)15-21(42)5)25-14-27(39)31(30-26(38)10-9-11-28(30)45)32(40)34(25)44(37(36)47)33-20(4)12-22(16-41(6)7)13-24(33)19(2)3/h8-14,19,21,23,45H,1,15-18H2,2-7H3. The molecule has 1 N–H and O–H groups in total. The lowest BCUT2D eigenvalue weighted by molar-refractivity contribution is -0.129. The van der Waals surface area contributed by atoms with Gasteiger partial charge in [-0.25, -0.2) is 13.2 Å². The molecule has 2 unspecified atom stereocenters. The molecule has 252 valence electrons. The molecule has 1 fully saturated rings. The number of anilines is 1. The number of pyridine rings is 1. The lowest BCUT2D eigenvalue weighted by Gasteiger charge is -2.48. The van der Waals surface area contributed by atoms with E-state index in [0.29, 0.717) is 17.8 Å². The number of aromatic hydroxyl groups is 1. The molecule has 8 nitrogen and oxygen atoms in total. The van der Waals surface area contributed by atoms with Gasteiger partial charge < -0.3 is 24.5 Å². The summed E-state index contributed by atoms with van der Waals surface area (Å²) in [5.74, 6) is -4.43. The van der Waals surface area contributed by atoms with E-state index in [4.69, 9.17) is 4.74 Å². The van der Waals surface area contributed by atoms with Gasteiger partial charge in [0.05, 0.1) is 34.1 Å². The van der Waals surface area contributed by atoms with E-state index in [1.807, 2.05) is 63.7 Å². The number of ether oxygens (including phenoxy) is 1. The Morgan fingerprint density at radius 2 is 1.83 bits per heavy atom. The van der Waals surface area contributed by atoms with E-state index in [-0.39, 0.29) is 59.9 Å². The number of hydrogen-bond acceptors (Lipinski definition) is 6. The van der Waals surface area contributed by atoms with E-state index in [1.165, 1.54) is 16.7 Å². The fourth-order valence-corrected chi connectivity index (χ4v) is 7.20. The van der Waals surface area contributed by atoms with Gasteiger partial charge in [-0.3, -0.25) is 14.2 Å². The van der Waals surface area contributed by atoms with Crippen molar-refractivity contribution in [3.05, 3.63) is 93.5 Å². The molecule has 0 aliphatic carbocycles. The van der Waals surface area contributed by atoms with Crippen LogP contribution in [0.3, 0.4) is 0 Å². The van der Waals surface area contributed by atoms with Crippen molar-refractivity contribution in [1.82, 2.24) is 14.4 Å². The third-order valence-corrected chi connectivity index (χ3v) is 9.27. The first-order valence-electron chi connectivity index (χ1n) is 15.9. The minimum atomic E-state index is -1.20. The molecule has 0 radical (unpaired) electrons. The summed E-state index contributed by atoms with van der Waals surface area (Å²) in [6.07, 6.45) is 1.24. The monoisotopic (exact) mass is 660 g/mol. The Balaban J connectivity index is 1.74. The van der Waals surface area contributed by atoms with Crippen molar-refractivity contribution in [1.29, 1.82) is 0 Å². The third-order valence-electron chi connectivity index (χ3n) is 9.27. The first kappa shape index (κ1) is 33.1. The summed E-state index contributed by atoms with van der Waals surface area (Å²) >= 11 is 0. The number of fused-ring (bicyclic) bond motifs is 5. The summed E-state index contributed by atoms with van der Waals surface area (Å²) in [7, 11) is 3.89. The quantitative estimate of drug-likeness (QED) is 0.246. The maximum Gasteiger partial charge on any atom is 0.300 e. The second-order valence-corrected chi connectivity index (χ2v) is 13.3. The highest BCUT2D eigenvalue weighted by atomic mass is 19.1. The van der Waals surface area contributed by atoms with Gasteiger partial charge in [-0.05, 0) is 74.8 Å². The zero-order valence-corrected chi connectivity index (χ0v) is 27.9. The summed E-state index contributed by atoms with van der Waals surface area (Å²) in [6.45, 7) is 12.4. The number of carbonyl (C=O) groups excluding carboxylic acids is 1. The Bertz CT molecular complexity index is 2020. The lowest BCUT2D eigenvalue weighted by atomic mass is 9.93. The van der Waals surface area contributed by atoms with Crippen molar-refractivity contribution in [3.63, 3.8) is 0 Å². The predicted molar refractivity (Wildman–Crippen MR) is 181 cm³/mol. The molecule has 0 bridgehead atoms. The average Bonchev–Trinajstić information content (AvgIpc) is 3.01. The largest absolute Gasteiger partial charge is 0.507 e. The second-order valence-electron chi connectivity index (χ2n) is 13.3. The molecule has 2 aliphatic rings. The molecule has 3 aromatic carbocycles. The topological polar surface area (TPSA) is 78.2 Å². The van der Waals surface area contributed by atoms with Crippen LogP contribution in [0.25, 0.3) is 27.7 Å². The molecule has 6 rings (SSSR count). The van der Waals surface area contributed by atoms with Crippen LogP contribution < -0.4 is 15.2 Å². The van der Waals surface area contributed by atoms with Crippen LogP contribution >= 0.6 is 0 Å². The van der Waals surface area contributed by atoms with Gasteiger partial charge in [0.25, 0.3) is 5.56 Å². The Kier molecular flexibility index (Phi) is 8.53. The SMILES string of the molecule is C=CC(=O)N1CC2COc3c(c4cc(F)c(-c5c(O)cccc5F)c(F)c4n(-c4c(C)cc(CN(C)C)cc4C(C)C)c3=O)N2CC1C. The van der Waals surface area contributed by atoms with E-state index in [1.54, 1.807) is 4.90 Å². The maximum atomic E-state index is 17.3. The molecule has 2 aliphatic heterocycles. The van der Waals surface area contributed by atoms with Gasteiger partial charge in [0.15, 0.2) is 5.82 Å². The molecule has 1 aromatic heterocycles. The fraction of sp³-hybridized carbons (Fsp3) is 0.351. The first-order chi connectivity index (χ1) is 22.7. The van der Waals surface area contributed by atoms with Gasteiger partial charge in [0.1, 0.15) is 24.0 Å². The molecule has 48 heavy (non-hydrogen) atoms. The number of aromatic nitrogens is 1. The second kappa shape index (κ2) is 12.4. The van der Waals surface area contributed by atoms with E-state index in [0.717, 1.165) is 29.3 Å². The number of halogens is 3. The number of aryl methyl sites for hydroxylation is 1. The number of hydrogen-bond donors (Lipinski definition) is 1. The molecule has 0 saturated carbocycles. The van der Waals surface area contributed by atoms with Gasteiger partial charge in [-0.15, -0.1) is 0 Å². The molecule has 2 atom stereocenters. The minimum absolute atomic E-state index is 0.0473. The summed E-state index contributed by atoms with van der Waals surface area (Å²) in [5.41, 5.74) is 0.679. The van der Waals surface area contributed by atoms with Gasteiger partial charge in [0, 0.05) is 31.1 Å². The highest BCUT2D eigenvalue weighted by Gasteiger charge is 2.41. The van der Waals surface area contributed by atoms with E-state index in [9.17, 15) is 14.7 Å². The van der Waals surface area contributed by atoms with Crippen LogP contribution in [-0.2, 0) is 11.3 Å². The molecule has 4 aromatic rings. The third kappa shape index (κ3) is 5.30. The zero-order chi connectivity index (χ0) is 34.8. The van der Waals surface area contributed by atoms with Crippen molar-refractivity contribution in [2.75, 3.05) is 38.7 Å². The summed E-state index contributed by atoms with van der Waals surface area (Å²) < 4.78 is 56.2. The molecule has 3 heterocycles. The zero-order valence-electron chi connectivity index (χ0n) is 27.9. The number of benzene rings is 3. The molecular formula is C37H39F3N4O4. The number of amides is 1. The van der Waals surface area contributed by atoms with Crippen molar-refractivity contribution in [3.8, 4) is 28.3 Å². The van der Waals surface area contributed by atoms with Gasteiger partial charge >= 0.3 is 0 Å². The molecule has 11 heteroatoms. The van der Waals surface area contributed by atoms with Gasteiger partial charge in [-0.1, -0.05) is 38.6 Å². The van der Waals surface area contributed by atoms with E-state index >= 15 is 13.2 Å². The summed E-state index contributed by atoms with van der Waals surface area (Å²) in [4.78, 5) is 32.9. The van der Waals surface area contributed by atoms with Crippen LogP contribution in [0.2, 0.25) is 0 Å². The smallest absolute Gasteiger partial charge is 0.300 e. The number of piperazine rings is 1. The van der Waals surface area contributed by atoms with Crippen LogP contribution in [0.5, 0.6) is 11.5 Å². The Hall–Kier alpha value is -4.77. The van der Waals surface area contributed by atoms with Crippen LogP contribution in [0.4, 0.5) is 18.9 Å². The van der Waals surface area contributed by atoms with Crippen LogP contribution in [-0.4, -0.2) is 71.3 Å². The van der Waals surface area contributed by atoms with E-state index in [2.05, 4.69) is 6.58 Å². The van der Waals surface area contributed by atoms with Gasteiger partial charge in [0.2, 0.25) is 11.7 Å². The number of nitrogens with zero attached hydrogens (tertiary/aromatic N) is 4. The van der Waals surface area contributed by atoms with Crippen molar-refractivity contribution < 1.29 is 27.8 Å². The highest BCUT2D eigenvalue weighted by molar-refractivity contribution is 6.00. The lowest BCUT2D eigenvalue weighted by Crippen LogP contribution is -2.62. The Morgan fingerprint density at radius 3 is 2.48 bits per heavy atom. The van der Waals surface area contributed by atoms with Crippen LogP contribution in [0, 0.1) is 24.4 Å². The van der Waals surface area contributed by atoms with Crippen LogP contribution in [0.15, 0.2) is 53.8 Å². The Labute approximate surface area is 277 Å². The maximum absolute atomic E-state index is 17.3. The number of phenols is 1. The molecule has 1 saturated heterocycles. The first-order valence-corrected chi connectivity index (χ1v) is 15.9. The molecule has 0 spiro atoms.